The molecule has 0 unspecified atom stereocenters. The van der Waals surface area contributed by atoms with Crippen LogP contribution in [0.1, 0.15) is 25.5 Å². The Labute approximate surface area is 128 Å². The summed E-state index contributed by atoms with van der Waals surface area (Å²) >= 11 is 0. The third-order valence-corrected chi connectivity index (χ3v) is 3.43. The molecule has 0 aliphatic carbocycles. The molecule has 0 fully saturated rings. The van der Waals surface area contributed by atoms with Crippen molar-refractivity contribution in [3.05, 3.63) is 52.4 Å². The zero-order chi connectivity index (χ0) is 16.3. The molecule has 1 aromatic heterocycles. The first-order valence-electron chi connectivity index (χ1n) is 7.05. The van der Waals surface area contributed by atoms with Gasteiger partial charge in [0.25, 0.3) is 0 Å². The summed E-state index contributed by atoms with van der Waals surface area (Å²) in [4.78, 5) is 11.6. The SMILES string of the molecule is C=C(C)[C@H](O)[C@H](OCC)c1c(OC)ccc2ccc(=O)oc12. The third-order valence-electron chi connectivity index (χ3n) is 3.43. The van der Waals surface area contributed by atoms with E-state index in [0.29, 0.717) is 29.1 Å². The number of aliphatic hydroxyl groups is 1. The molecule has 0 aliphatic rings. The van der Waals surface area contributed by atoms with Crippen molar-refractivity contribution < 1.29 is 19.0 Å². The maximum absolute atomic E-state index is 11.6. The van der Waals surface area contributed by atoms with Crippen LogP contribution in [0.4, 0.5) is 0 Å². The van der Waals surface area contributed by atoms with E-state index in [1.807, 2.05) is 6.92 Å². The zero-order valence-electron chi connectivity index (χ0n) is 13.0. The van der Waals surface area contributed by atoms with Gasteiger partial charge in [-0.2, -0.15) is 0 Å². The van der Waals surface area contributed by atoms with Crippen molar-refractivity contribution in [1.29, 1.82) is 0 Å². The summed E-state index contributed by atoms with van der Waals surface area (Å²) in [6, 6.07) is 6.56. The van der Waals surface area contributed by atoms with Gasteiger partial charge in [0.2, 0.25) is 0 Å². The molecule has 5 nitrogen and oxygen atoms in total. The predicted octanol–water partition coefficient (Wildman–Crippen LogP) is 2.82. The molecule has 5 heteroatoms. The molecule has 22 heavy (non-hydrogen) atoms. The van der Waals surface area contributed by atoms with Gasteiger partial charge in [0, 0.05) is 18.1 Å². The Morgan fingerprint density at radius 3 is 2.64 bits per heavy atom. The highest BCUT2D eigenvalue weighted by Gasteiger charge is 2.28. The molecule has 2 atom stereocenters. The summed E-state index contributed by atoms with van der Waals surface area (Å²) in [5.74, 6) is 0.487. The van der Waals surface area contributed by atoms with Gasteiger partial charge in [-0.05, 0) is 37.6 Å². The van der Waals surface area contributed by atoms with Crippen LogP contribution in [0.5, 0.6) is 5.75 Å². The molecule has 1 N–H and O–H groups in total. The van der Waals surface area contributed by atoms with E-state index in [1.54, 1.807) is 25.1 Å². The molecular weight excluding hydrogens is 284 g/mol. The van der Waals surface area contributed by atoms with Crippen LogP contribution in [0.3, 0.4) is 0 Å². The molecule has 0 saturated heterocycles. The molecule has 2 aromatic rings. The maximum atomic E-state index is 11.6. The summed E-state index contributed by atoms with van der Waals surface area (Å²) in [5, 5.41) is 11.2. The average molecular weight is 304 g/mol. The minimum atomic E-state index is -0.940. The van der Waals surface area contributed by atoms with Gasteiger partial charge in [0.15, 0.2) is 0 Å². The van der Waals surface area contributed by atoms with Gasteiger partial charge >= 0.3 is 5.63 Å². The summed E-state index contributed by atoms with van der Waals surface area (Å²) < 4.78 is 16.4. The number of aliphatic hydroxyl groups excluding tert-OH is 1. The Morgan fingerprint density at radius 1 is 1.36 bits per heavy atom. The molecule has 1 aromatic carbocycles. The Balaban J connectivity index is 2.75. The first-order valence-corrected chi connectivity index (χ1v) is 7.05. The van der Waals surface area contributed by atoms with Crippen LogP contribution in [0.15, 0.2) is 45.6 Å². The quantitative estimate of drug-likeness (QED) is 0.656. The van der Waals surface area contributed by atoms with Crippen molar-refractivity contribution in [1.82, 2.24) is 0 Å². The van der Waals surface area contributed by atoms with Crippen LogP contribution in [0, 0.1) is 0 Å². The smallest absolute Gasteiger partial charge is 0.336 e. The lowest BCUT2D eigenvalue weighted by Gasteiger charge is -2.25. The first kappa shape index (κ1) is 16.3. The number of ether oxygens (including phenoxy) is 2. The van der Waals surface area contributed by atoms with Crippen molar-refractivity contribution >= 4 is 11.0 Å². The molecule has 2 rings (SSSR count). The van der Waals surface area contributed by atoms with E-state index in [-0.39, 0.29) is 0 Å². The van der Waals surface area contributed by atoms with Crippen LogP contribution in [-0.4, -0.2) is 24.9 Å². The Hall–Kier alpha value is -2.11. The third kappa shape index (κ3) is 3.05. The Bertz CT molecular complexity index is 731. The maximum Gasteiger partial charge on any atom is 0.336 e. The lowest BCUT2D eigenvalue weighted by atomic mass is 9.97. The minimum Gasteiger partial charge on any atom is -0.496 e. The number of benzene rings is 1. The summed E-state index contributed by atoms with van der Waals surface area (Å²) in [5.41, 5.74) is 0.943. The molecule has 0 aliphatic heterocycles. The fourth-order valence-electron chi connectivity index (χ4n) is 2.35. The molecule has 1 heterocycles. The van der Waals surface area contributed by atoms with Crippen molar-refractivity contribution in [2.45, 2.75) is 26.1 Å². The van der Waals surface area contributed by atoms with E-state index in [9.17, 15) is 9.90 Å². The number of methoxy groups -OCH3 is 1. The molecule has 0 radical (unpaired) electrons. The fourth-order valence-corrected chi connectivity index (χ4v) is 2.35. The van der Waals surface area contributed by atoms with Crippen molar-refractivity contribution in [3.63, 3.8) is 0 Å². The Morgan fingerprint density at radius 2 is 2.05 bits per heavy atom. The molecule has 118 valence electrons. The number of rotatable bonds is 6. The van der Waals surface area contributed by atoms with Crippen LogP contribution in [0.25, 0.3) is 11.0 Å². The van der Waals surface area contributed by atoms with E-state index in [0.717, 1.165) is 5.39 Å². The minimum absolute atomic E-state index is 0.352. The molecule has 0 spiro atoms. The predicted molar refractivity (Wildman–Crippen MR) is 84.2 cm³/mol. The number of hydrogen-bond donors (Lipinski definition) is 1. The second-order valence-electron chi connectivity index (χ2n) is 5.02. The van der Waals surface area contributed by atoms with Gasteiger partial charge in [-0.1, -0.05) is 6.58 Å². The molecular formula is C17H20O5. The number of fused-ring (bicyclic) bond motifs is 1. The zero-order valence-corrected chi connectivity index (χ0v) is 13.0. The number of hydrogen-bond acceptors (Lipinski definition) is 5. The highest BCUT2D eigenvalue weighted by atomic mass is 16.5. The van der Waals surface area contributed by atoms with E-state index in [1.165, 1.54) is 13.2 Å². The molecule has 0 amide bonds. The van der Waals surface area contributed by atoms with Gasteiger partial charge in [-0.3, -0.25) is 0 Å². The lowest BCUT2D eigenvalue weighted by molar-refractivity contribution is -0.0188. The van der Waals surface area contributed by atoms with Crippen molar-refractivity contribution in [2.75, 3.05) is 13.7 Å². The van der Waals surface area contributed by atoms with Crippen molar-refractivity contribution in [3.8, 4) is 5.75 Å². The van der Waals surface area contributed by atoms with Gasteiger partial charge in [-0.25, -0.2) is 4.79 Å². The van der Waals surface area contributed by atoms with Gasteiger partial charge in [-0.15, -0.1) is 0 Å². The van der Waals surface area contributed by atoms with E-state index >= 15 is 0 Å². The molecule has 0 saturated carbocycles. The largest absolute Gasteiger partial charge is 0.496 e. The van der Waals surface area contributed by atoms with Gasteiger partial charge < -0.3 is 19.0 Å². The normalized spacial score (nSPS) is 13.8. The van der Waals surface area contributed by atoms with Gasteiger partial charge in [0.1, 0.15) is 23.5 Å². The summed E-state index contributed by atoms with van der Waals surface area (Å²) in [7, 11) is 1.52. The summed E-state index contributed by atoms with van der Waals surface area (Å²) in [6.45, 7) is 7.69. The van der Waals surface area contributed by atoms with Crippen LogP contribution < -0.4 is 10.4 Å². The fraction of sp³-hybridized carbons (Fsp3) is 0.353. The Kier molecular flexibility index (Phi) is 5.00. The van der Waals surface area contributed by atoms with Gasteiger partial charge in [0.05, 0.1) is 12.7 Å². The summed E-state index contributed by atoms with van der Waals surface area (Å²) in [6.07, 6.45) is -1.67. The van der Waals surface area contributed by atoms with E-state index < -0.39 is 17.8 Å². The van der Waals surface area contributed by atoms with Crippen LogP contribution in [-0.2, 0) is 4.74 Å². The first-order chi connectivity index (χ1) is 10.5. The highest BCUT2D eigenvalue weighted by molar-refractivity contribution is 5.82. The molecule has 0 bridgehead atoms. The topological polar surface area (TPSA) is 68.9 Å². The monoisotopic (exact) mass is 304 g/mol. The van der Waals surface area contributed by atoms with E-state index in [4.69, 9.17) is 13.9 Å². The second kappa shape index (κ2) is 6.77. The van der Waals surface area contributed by atoms with Crippen LogP contribution in [0.2, 0.25) is 0 Å². The van der Waals surface area contributed by atoms with Crippen molar-refractivity contribution in [2.24, 2.45) is 0 Å². The standard InChI is InChI=1S/C17H20O5/c1-5-21-17(15(19)10(2)3)14-12(20-4)8-6-11-7-9-13(18)22-16(11)14/h6-9,15,17,19H,2,5H2,1,3-4H3/t15-,17+/m0/s1. The van der Waals surface area contributed by atoms with E-state index in [2.05, 4.69) is 6.58 Å². The second-order valence-corrected chi connectivity index (χ2v) is 5.02. The highest BCUT2D eigenvalue weighted by Crippen LogP contribution is 2.37. The lowest BCUT2D eigenvalue weighted by Crippen LogP contribution is -2.23. The van der Waals surface area contributed by atoms with Crippen LogP contribution >= 0.6 is 0 Å². The average Bonchev–Trinajstić information content (AvgIpc) is 2.51.